The topological polar surface area (TPSA) is 293 Å². The van der Waals surface area contributed by atoms with E-state index in [0.29, 0.717) is 50.9 Å². The van der Waals surface area contributed by atoms with Gasteiger partial charge in [-0.1, -0.05) is 64.3 Å². The zero-order valence-corrected chi connectivity index (χ0v) is 52.8. The molecule has 5 atom stereocenters. The number of phosphoric acid groups is 3. The fourth-order valence-corrected chi connectivity index (χ4v) is 15.6. The predicted octanol–water partition coefficient (Wildman–Crippen LogP) is 9.12. The second kappa shape index (κ2) is 23.9. The Balaban J connectivity index is 0.941. The first-order valence-electron chi connectivity index (χ1n) is 26.5. The molecule has 2 amide bonds. The van der Waals surface area contributed by atoms with Crippen LogP contribution in [-0.2, 0) is 36.4 Å². The summed E-state index contributed by atoms with van der Waals surface area (Å²) in [7, 11) is -15.4. The van der Waals surface area contributed by atoms with Crippen molar-refractivity contribution in [1.29, 1.82) is 0 Å². The molecule has 1 saturated heterocycles. The van der Waals surface area contributed by atoms with Crippen LogP contribution in [0.25, 0.3) is 27.8 Å². The van der Waals surface area contributed by atoms with Crippen LogP contribution in [0.4, 0.5) is 11.5 Å². The lowest BCUT2D eigenvalue weighted by Crippen LogP contribution is -2.49. The quantitative estimate of drug-likeness (QED) is 0.0187. The number of nitrogens with one attached hydrogen (secondary N) is 1. The molecule has 29 heteroatoms. The van der Waals surface area contributed by atoms with Gasteiger partial charge < -0.3 is 54.5 Å². The van der Waals surface area contributed by atoms with Crippen LogP contribution in [0, 0.1) is 11.8 Å². The summed E-state index contributed by atoms with van der Waals surface area (Å²) in [4.78, 5) is 79.5. The van der Waals surface area contributed by atoms with E-state index in [0.717, 1.165) is 46.4 Å². The van der Waals surface area contributed by atoms with E-state index < -0.39 is 48.3 Å². The van der Waals surface area contributed by atoms with Crippen molar-refractivity contribution in [3.8, 4) is 23.3 Å². The van der Waals surface area contributed by atoms with Crippen LogP contribution in [0.2, 0.25) is 20.1 Å². The molecular formula is C55H61Cl4N8O14P3. The van der Waals surface area contributed by atoms with Gasteiger partial charge in [0.15, 0.2) is 5.54 Å². The number of nitrogens with zero attached hydrogens (tertiary/aromatic N) is 6. The average Bonchev–Trinajstić information content (AvgIpc) is 0.961. The summed E-state index contributed by atoms with van der Waals surface area (Å²) in [6, 6.07) is 8.26. The van der Waals surface area contributed by atoms with Crippen LogP contribution in [0.1, 0.15) is 125 Å². The molecule has 2 aromatic heterocycles. The van der Waals surface area contributed by atoms with Crippen LogP contribution in [-0.4, -0.2) is 103 Å². The van der Waals surface area contributed by atoms with Crippen molar-refractivity contribution >= 4 is 121 Å². The van der Waals surface area contributed by atoms with E-state index >= 15 is 4.79 Å². The number of allylic oxidation sites excluding steroid dienone is 2. The number of carbonyl (C=O) groups excluding carboxylic acids is 2. The number of amides is 2. The lowest BCUT2D eigenvalue weighted by molar-refractivity contribution is -0.212. The molecule has 0 bridgehead atoms. The SMILES string of the molecule is CCN1c2cc3c(cc2C(C)=CC1(C)C)C(c1c(Cl)c(Cl)c(Cl)c(Cl)c1C(=O)N(C)CCCC(=O)NCC#Cc1cn([C@H]2CC[C@@H](COP(=O)(O)OP(=O)(O)OP(=O)([O-])O)O2)c2ncnc(N)c12)=c1cc2c(cc1O3)=[N+](CC)C(C)(C)C=C2C. The number of hydrogen-bond donors (Lipinski definition) is 5. The highest BCUT2D eigenvalue weighted by atomic mass is 35.5. The van der Waals surface area contributed by atoms with Gasteiger partial charge in [0.05, 0.1) is 67.5 Å². The molecule has 1 fully saturated rings. The van der Waals surface area contributed by atoms with E-state index in [4.69, 9.17) is 71.0 Å². The van der Waals surface area contributed by atoms with Crippen molar-refractivity contribution in [2.45, 2.75) is 104 Å². The highest BCUT2D eigenvalue weighted by Crippen LogP contribution is 2.65. The van der Waals surface area contributed by atoms with Crippen LogP contribution in [0.3, 0.4) is 0 Å². The van der Waals surface area contributed by atoms with Crippen molar-refractivity contribution < 1.29 is 65.5 Å². The Kier molecular flexibility index (Phi) is 18.0. The number of carbonyl (C=O) groups is 2. The summed E-state index contributed by atoms with van der Waals surface area (Å²) in [6.07, 6.45) is 6.49. The van der Waals surface area contributed by atoms with Gasteiger partial charge in [0, 0.05) is 91.4 Å². The number of rotatable bonds is 17. The third kappa shape index (κ3) is 12.7. The maximum Gasteiger partial charge on any atom is 0.487 e. The van der Waals surface area contributed by atoms with Crippen molar-refractivity contribution in [3.05, 3.63) is 113 Å². The molecule has 22 nitrogen and oxygen atoms in total. The number of nitrogens with two attached hydrogens (primary N) is 1. The highest BCUT2D eigenvalue weighted by molar-refractivity contribution is 7.66. The predicted molar refractivity (Wildman–Crippen MR) is 319 cm³/mol. The summed E-state index contributed by atoms with van der Waals surface area (Å²) < 4.78 is 63.9. The van der Waals surface area contributed by atoms with Gasteiger partial charge in [0.1, 0.15) is 42.1 Å². The van der Waals surface area contributed by atoms with E-state index in [2.05, 4.69) is 137 Å². The zero-order valence-electron chi connectivity index (χ0n) is 47.1. The molecular weight excluding hydrogens is 1230 g/mol. The first kappa shape index (κ1) is 63.4. The van der Waals surface area contributed by atoms with Crippen LogP contribution >= 0.6 is 69.9 Å². The maximum absolute atomic E-state index is 15.1. The minimum atomic E-state index is -5.82. The second-order valence-corrected chi connectivity index (χ2v) is 27.5. The monoisotopic (exact) mass is 1290 g/mol. The van der Waals surface area contributed by atoms with Gasteiger partial charge in [-0.15, -0.1) is 0 Å². The van der Waals surface area contributed by atoms with E-state index in [-0.39, 0.29) is 86.4 Å². The Morgan fingerprint density at radius 3 is 2.32 bits per heavy atom. The van der Waals surface area contributed by atoms with Crippen molar-refractivity contribution in [2.24, 2.45) is 0 Å². The standard InChI is InChI=1S/C55H61Cl4N8O14P3/c1-10-66-37-22-39-35(20-33(37)29(3)24-54(66,5)6)44(36-21-34-30(4)25-55(7,8)67(11-2)38(34)23-40(36)79-39)45-46(48(57)50(59)49(58)47(45)56)53(69)64(9)19-13-15-41(68)61-18-12-14-31-26-65(52-43(31)51(60)62-28-63-52)42-17-16-32(78-42)27-77-83(73,74)81-84(75,76)80-82(70,71)72/h20-26,28,32,42H,10-11,13,15-19,27H2,1-9H3,(H6-,60,61,62,63,68,70,71,72,73,74,75,76)/t32-,42+/m0/s1. The third-order valence-corrected chi connectivity index (χ3v) is 20.6. The number of hydrogen-bond acceptors (Lipinski definition) is 15. The molecule has 0 radical (unpaired) electrons. The van der Waals surface area contributed by atoms with Gasteiger partial charge in [0.25, 0.3) is 13.7 Å². The number of aromatic nitrogens is 3. The molecule has 5 aromatic rings. The zero-order chi connectivity index (χ0) is 61.3. The van der Waals surface area contributed by atoms with Gasteiger partial charge in [-0.25, -0.2) is 28.0 Å². The molecule has 0 saturated carbocycles. The number of benzene rings is 3. The Bertz CT molecular complexity index is 4020. The van der Waals surface area contributed by atoms with Crippen LogP contribution in [0.15, 0.2) is 48.9 Å². The minimum Gasteiger partial charge on any atom is -0.756 e. The number of likely N-dealkylation sites (N-methyl/N-ethyl adjacent to an activating group) is 2. The van der Waals surface area contributed by atoms with Crippen molar-refractivity contribution in [3.63, 3.8) is 0 Å². The van der Waals surface area contributed by atoms with Crippen LogP contribution < -0.4 is 40.7 Å². The highest BCUT2D eigenvalue weighted by Gasteiger charge is 2.41. The molecule has 6 heterocycles. The third-order valence-electron chi connectivity index (χ3n) is 15.0. The van der Waals surface area contributed by atoms with E-state index in [1.807, 2.05) is 0 Å². The lowest BCUT2D eigenvalue weighted by atomic mass is 9.83. The first-order chi connectivity index (χ1) is 39.3. The first-order valence-corrected chi connectivity index (χ1v) is 32.5. The molecule has 6 N–H and O–H groups in total. The number of fused-ring (bicyclic) bond motifs is 5. The number of ether oxygens (including phenoxy) is 2. The molecule has 84 heavy (non-hydrogen) atoms. The molecule has 448 valence electrons. The lowest BCUT2D eigenvalue weighted by Gasteiger charge is -2.43. The number of halogens is 4. The van der Waals surface area contributed by atoms with Crippen molar-refractivity contribution in [1.82, 2.24) is 29.3 Å². The van der Waals surface area contributed by atoms with Gasteiger partial charge in [-0.3, -0.25) is 18.7 Å². The molecule has 4 aliphatic rings. The van der Waals surface area contributed by atoms with Crippen molar-refractivity contribution in [2.75, 3.05) is 50.5 Å². The largest absolute Gasteiger partial charge is 0.756 e. The summed E-state index contributed by atoms with van der Waals surface area (Å²) >= 11 is 28.4. The molecule has 9 rings (SSSR count). The van der Waals surface area contributed by atoms with E-state index in [9.17, 15) is 33.2 Å². The molecule has 0 spiro atoms. The van der Waals surface area contributed by atoms with E-state index in [1.165, 1.54) is 11.2 Å². The summed E-state index contributed by atoms with van der Waals surface area (Å²) in [6.45, 7) is 17.9. The Morgan fingerprint density at radius 1 is 0.929 bits per heavy atom. The number of anilines is 2. The minimum absolute atomic E-state index is 0.00440. The Morgan fingerprint density at radius 2 is 1.63 bits per heavy atom. The molecule has 0 aliphatic carbocycles. The van der Waals surface area contributed by atoms with Gasteiger partial charge in [-0.05, 0) is 90.2 Å². The molecule has 3 aromatic carbocycles. The second-order valence-electron chi connectivity index (χ2n) is 21.6. The Labute approximate surface area is 504 Å². The van der Waals surface area contributed by atoms with Crippen LogP contribution in [0.5, 0.6) is 11.5 Å². The van der Waals surface area contributed by atoms with Gasteiger partial charge in [-0.2, -0.15) is 4.31 Å². The molecule has 4 aliphatic heterocycles. The normalized spacial score (nSPS) is 19.7. The summed E-state index contributed by atoms with van der Waals surface area (Å²) in [5.41, 5.74) is 13.0. The summed E-state index contributed by atoms with van der Waals surface area (Å²) in [5.74, 6) is 6.22. The van der Waals surface area contributed by atoms with Gasteiger partial charge in [0.2, 0.25) is 11.3 Å². The van der Waals surface area contributed by atoms with E-state index in [1.54, 1.807) is 17.8 Å². The smallest absolute Gasteiger partial charge is 0.487 e. The van der Waals surface area contributed by atoms with Gasteiger partial charge >= 0.3 is 15.6 Å². The Hall–Kier alpha value is -5.14. The average molecular weight is 1290 g/mol. The fraction of sp³-hybridized carbons (Fsp3) is 0.400. The summed E-state index contributed by atoms with van der Waals surface area (Å²) in [5, 5.41) is 4.61. The number of phosphoric ester groups is 1. The number of nitrogen functional groups attached to an aromatic ring is 1. The molecule has 3 unspecified atom stereocenters. The fourth-order valence-electron chi connectivity index (χ4n) is 11.6. The maximum atomic E-state index is 15.1.